The summed E-state index contributed by atoms with van der Waals surface area (Å²) in [7, 11) is 0. The monoisotopic (exact) mass is 302 g/mol. The number of carbonyl (C=O) groups is 1. The van der Waals surface area contributed by atoms with E-state index in [-0.39, 0.29) is 5.92 Å². The number of ketones is 1. The van der Waals surface area contributed by atoms with Crippen LogP contribution in [0.15, 0.2) is 12.4 Å². The Labute approximate surface area is 129 Å². The van der Waals surface area contributed by atoms with Crippen LogP contribution in [0.3, 0.4) is 0 Å². The van der Waals surface area contributed by atoms with Crippen LogP contribution in [0, 0.1) is 5.92 Å². The molecule has 0 unspecified atom stereocenters. The van der Waals surface area contributed by atoms with Gasteiger partial charge in [-0.3, -0.25) is 4.79 Å². The Morgan fingerprint density at radius 1 is 1.36 bits per heavy atom. The fourth-order valence-corrected chi connectivity index (χ4v) is 3.03. The maximum absolute atomic E-state index is 12.1. The Morgan fingerprint density at radius 2 is 2.18 bits per heavy atom. The van der Waals surface area contributed by atoms with Crippen LogP contribution in [0.5, 0.6) is 0 Å². The Hall–Kier alpha value is -2.18. The number of aromatic amines is 1. The standard InChI is InChI=1S/C15H22N6O/c16-15-17-8-12(18-15)6-3-7-13-9-21(20-19-13)10-14(22)11-4-1-2-5-11/h8-9,11H,1-7,10H2,(H3,16,17,18). The van der Waals surface area contributed by atoms with Gasteiger partial charge in [0, 0.05) is 17.8 Å². The molecule has 2 heterocycles. The largest absolute Gasteiger partial charge is 0.369 e. The molecule has 0 aliphatic heterocycles. The highest BCUT2D eigenvalue weighted by Crippen LogP contribution is 2.25. The molecule has 1 aliphatic carbocycles. The van der Waals surface area contributed by atoms with E-state index >= 15 is 0 Å². The lowest BCUT2D eigenvalue weighted by atomic mass is 10.0. The van der Waals surface area contributed by atoms with Gasteiger partial charge in [-0.1, -0.05) is 18.1 Å². The molecule has 7 heteroatoms. The minimum atomic E-state index is 0.235. The van der Waals surface area contributed by atoms with Crippen molar-refractivity contribution in [3.8, 4) is 0 Å². The van der Waals surface area contributed by atoms with Gasteiger partial charge < -0.3 is 10.7 Å². The summed E-state index contributed by atoms with van der Waals surface area (Å²) in [4.78, 5) is 19.1. The number of anilines is 1. The van der Waals surface area contributed by atoms with Crippen molar-refractivity contribution in [3.63, 3.8) is 0 Å². The van der Waals surface area contributed by atoms with Crippen LogP contribution in [-0.4, -0.2) is 30.7 Å². The normalized spacial score (nSPS) is 15.5. The van der Waals surface area contributed by atoms with Crippen LogP contribution in [0.2, 0.25) is 0 Å². The van der Waals surface area contributed by atoms with E-state index in [2.05, 4.69) is 20.3 Å². The third-order valence-electron chi connectivity index (χ3n) is 4.24. The second kappa shape index (κ2) is 6.72. The molecule has 0 atom stereocenters. The molecule has 3 rings (SSSR count). The summed E-state index contributed by atoms with van der Waals surface area (Å²) in [5, 5.41) is 8.21. The lowest BCUT2D eigenvalue weighted by Crippen LogP contribution is -2.18. The molecule has 0 radical (unpaired) electrons. The third-order valence-corrected chi connectivity index (χ3v) is 4.24. The van der Waals surface area contributed by atoms with E-state index in [0.717, 1.165) is 43.5 Å². The van der Waals surface area contributed by atoms with Crippen molar-refractivity contribution >= 4 is 11.7 Å². The molecule has 0 saturated heterocycles. The Balaban J connectivity index is 1.45. The first-order valence-corrected chi connectivity index (χ1v) is 7.92. The fourth-order valence-electron chi connectivity index (χ4n) is 3.03. The number of nitrogens with one attached hydrogen (secondary N) is 1. The van der Waals surface area contributed by atoms with Crippen molar-refractivity contribution < 1.29 is 4.79 Å². The van der Waals surface area contributed by atoms with Crippen LogP contribution in [0.4, 0.5) is 5.95 Å². The van der Waals surface area contributed by atoms with Gasteiger partial charge in [-0.25, -0.2) is 9.67 Å². The topological polar surface area (TPSA) is 102 Å². The molecule has 1 aliphatic rings. The number of aryl methyl sites for hydroxylation is 2. The number of hydrogen-bond donors (Lipinski definition) is 2. The van der Waals surface area contributed by atoms with Crippen molar-refractivity contribution in [3.05, 3.63) is 23.8 Å². The zero-order chi connectivity index (χ0) is 15.4. The average Bonchev–Trinajstić information content (AvgIpc) is 3.21. The van der Waals surface area contributed by atoms with Gasteiger partial charge in [0.05, 0.1) is 11.9 Å². The van der Waals surface area contributed by atoms with Gasteiger partial charge in [-0.05, 0) is 32.1 Å². The second-order valence-electron chi connectivity index (χ2n) is 6.00. The molecule has 1 fully saturated rings. The van der Waals surface area contributed by atoms with E-state index in [1.54, 1.807) is 10.9 Å². The first-order chi connectivity index (χ1) is 10.7. The molecule has 3 N–H and O–H groups in total. The SMILES string of the molecule is Nc1ncc(CCCc2cn(CC(=O)C3CCCC3)nn2)[nH]1. The first-order valence-electron chi connectivity index (χ1n) is 7.92. The van der Waals surface area contributed by atoms with Crippen molar-refractivity contribution in [1.29, 1.82) is 0 Å². The summed E-state index contributed by atoms with van der Waals surface area (Å²) < 4.78 is 1.67. The van der Waals surface area contributed by atoms with E-state index in [4.69, 9.17) is 5.73 Å². The number of H-pyrrole nitrogens is 1. The summed E-state index contributed by atoms with van der Waals surface area (Å²) >= 11 is 0. The van der Waals surface area contributed by atoms with Gasteiger partial charge in [-0.2, -0.15) is 0 Å². The number of Topliss-reactive ketones (excluding diaryl/α,β-unsaturated/α-hetero) is 1. The summed E-state index contributed by atoms with van der Waals surface area (Å²) in [6.07, 6.45) is 10.7. The smallest absolute Gasteiger partial charge is 0.197 e. The van der Waals surface area contributed by atoms with Crippen molar-refractivity contribution in [2.24, 2.45) is 5.92 Å². The van der Waals surface area contributed by atoms with Crippen LogP contribution < -0.4 is 5.73 Å². The molecule has 2 aromatic heterocycles. The molecule has 7 nitrogen and oxygen atoms in total. The zero-order valence-electron chi connectivity index (χ0n) is 12.7. The Morgan fingerprint density at radius 3 is 2.91 bits per heavy atom. The number of imidazole rings is 1. The number of nitrogens with two attached hydrogens (primary N) is 1. The molecule has 22 heavy (non-hydrogen) atoms. The molecular weight excluding hydrogens is 280 g/mol. The highest BCUT2D eigenvalue weighted by Gasteiger charge is 2.22. The van der Waals surface area contributed by atoms with Gasteiger partial charge in [0.2, 0.25) is 0 Å². The minimum Gasteiger partial charge on any atom is -0.369 e. The maximum atomic E-state index is 12.1. The highest BCUT2D eigenvalue weighted by atomic mass is 16.1. The fraction of sp³-hybridized carbons (Fsp3) is 0.600. The predicted molar refractivity (Wildman–Crippen MR) is 82.0 cm³/mol. The Kier molecular flexibility index (Phi) is 4.50. The number of rotatable bonds is 7. The van der Waals surface area contributed by atoms with E-state index < -0.39 is 0 Å². The van der Waals surface area contributed by atoms with Crippen LogP contribution in [0.25, 0.3) is 0 Å². The van der Waals surface area contributed by atoms with Crippen LogP contribution >= 0.6 is 0 Å². The summed E-state index contributed by atoms with van der Waals surface area (Å²) in [6, 6.07) is 0. The van der Waals surface area contributed by atoms with Crippen molar-refractivity contribution in [2.45, 2.75) is 51.5 Å². The van der Waals surface area contributed by atoms with E-state index in [1.165, 1.54) is 12.8 Å². The van der Waals surface area contributed by atoms with Crippen LogP contribution in [-0.2, 0) is 24.2 Å². The molecular formula is C15H22N6O. The zero-order valence-corrected chi connectivity index (χ0v) is 12.7. The number of aromatic nitrogens is 5. The van der Waals surface area contributed by atoms with Gasteiger partial charge in [0.1, 0.15) is 6.54 Å². The number of nitrogen functional groups attached to an aromatic ring is 1. The first kappa shape index (κ1) is 14.7. The summed E-state index contributed by atoms with van der Waals surface area (Å²) in [5.41, 5.74) is 7.49. The molecule has 118 valence electrons. The van der Waals surface area contributed by atoms with Gasteiger partial charge >= 0.3 is 0 Å². The van der Waals surface area contributed by atoms with E-state index in [9.17, 15) is 4.79 Å². The molecule has 1 saturated carbocycles. The third kappa shape index (κ3) is 3.72. The lowest BCUT2D eigenvalue weighted by molar-refractivity contribution is -0.123. The lowest BCUT2D eigenvalue weighted by Gasteiger charge is -2.06. The molecule has 0 spiro atoms. The maximum Gasteiger partial charge on any atom is 0.197 e. The summed E-state index contributed by atoms with van der Waals surface area (Å²) in [6.45, 7) is 0.356. The van der Waals surface area contributed by atoms with E-state index in [1.807, 2.05) is 6.20 Å². The molecule has 0 bridgehead atoms. The number of nitrogens with zero attached hydrogens (tertiary/aromatic N) is 4. The van der Waals surface area contributed by atoms with E-state index in [0.29, 0.717) is 18.3 Å². The second-order valence-corrected chi connectivity index (χ2v) is 6.00. The van der Waals surface area contributed by atoms with Gasteiger partial charge in [0.25, 0.3) is 0 Å². The Bertz CT molecular complexity index is 626. The van der Waals surface area contributed by atoms with Gasteiger partial charge in [0.15, 0.2) is 11.7 Å². The molecule has 0 amide bonds. The van der Waals surface area contributed by atoms with Crippen molar-refractivity contribution in [1.82, 2.24) is 25.0 Å². The van der Waals surface area contributed by atoms with Crippen molar-refractivity contribution in [2.75, 3.05) is 5.73 Å². The predicted octanol–water partition coefficient (Wildman–Crippen LogP) is 1.52. The minimum absolute atomic E-state index is 0.235. The number of hydrogen-bond acceptors (Lipinski definition) is 5. The molecule has 2 aromatic rings. The average molecular weight is 302 g/mol. The van der Waals surface area contributed by atoms with Crippen LogP contribution in [0.1, 0.15) is 43.5 Å². The molecule has 0 aromatic carbocycles. The summed E-state index contributed by atoms with van der Waals surface area (Å²) in [5.74, 6) is 0.978. The quantitative estimate of drug-likeness (QED) is 0.807. The highest BCUT2D eigenvalue weighted by molar-refractivity contribution is 5.80. The van der Waals surface area contributed by atoms with Gasteiger partial charge in [-0.15, -0.1) is 5.10 Å². The number of carbonyl (C=O) groups excluding carboxylic acids is 1.